The lowest BCUT2D eigenvalue weighted by atomic mass is 10.2. The normalized spacial score (nSPS) is 11.1. The second-order valence-electron chi connectivity index (χ2n) is 7.61. The third-order valence-electron chi connectivity index (χ3n) is 5.06. The number of aromatic nitrogens is 3. The second-order valence-corrected chi connectivity index (χ2v) is 10.3. The number of phenols is 1. The fraction of sp³-hybridized carbons (Fsp3) is 0.120. The van der Waals surface area contributed by atoms with Gasteiger partial charge in [0, 0.05) is 21.3 Å². The Balaban J connectivity index is 1.52. The van der Waals surface area contributed by atoms with Gasteiger partial charge in [-0.25, -0.2) is 5.43 Å². The molecule has 1 aromatic heterocycles. The van der Waals surface area contributed by atoms with Crippen LogP contribution in [0.25, 0.3) is 17.1 Å². The third-order valence-corrected chi connectivity index (χ3v) is 7.05. The minimum absolute atomic E-state index is 0.0304. The Bertz CT molecular complexity index is 1410. The summed E-state index contributed by atoms with van der Waals surface area (Å²) in [6.07, 6.45) is 1.38. The number of thioether (sulfide) groups is 1. The first kappa shape index (κ1) is 25.9. The number of carbonyl (C=O) groups excluding carboxylic acids is 1. The van der Waals surface area contributed by atoms with Gasteiger partial charge in [-0.1, -0.05) is 45.4 Å². The van der Waals surface area contributed by atoms with E-state index in [1.165, 1.54) is 18.0 Å². The van der Waals surface area contributed by atoms with E-state index in [0.29, 0.717) is 21.0 Å². The van der Waals surface area contributed by atoms with E-state index in [9.17, 15) is 9.90 Å². The molecular weight excluding hydrogens is 610 g/mol. The van der Waals surface area contributed by atoms with Crippen LogP contribution in [0.1, 0.15) is 11.1 Å². The number of nitrogens with one attached hydrogen (secondary N) is 1. The summed E-state index contributed by atoms with van der Waals surface area (Å²) in [7, 11) is 1.62. The van der Waals surface area contributed by atoms with Crippen LogP contribution in [0.2, 0.25) is 0 Å². The maximum Gasteiger partial charge on any atom is 0.250 e. The summed E-state index contributed by atoms with van der Waals surface area (Å²) in [5.41, 5.74) is 5.81. The Labute approximate surface area is 229 Å². The molecule has 36 heavy (non-hydrogen) atoms. The number of hydrogen-bond donors (Lipinski definition) is 2. The van der Waals surface area contributed by atoms with Crippen LogP contribution in [0.5, 0.6) is 11.5 Å². The quantitative estimate of drug-likeness (QED) is 0.147. The number of nitrogens with zero attached hydrogens (tertiary/aromatic N) is 4. The minimum Gasteiger partial charge on any atom is -0.506 e. The molecule has 0 spiro atoms. The SMILES string of the molecule is COc1ccc(-c2nnc(SCC(=O)N/N=C/c3cc(Br)cc(Br)c3O)n2-c2ccc(C)cc2)cc1. The molecule has 0 saturated heterocycles. The molecule has 4 aromatic rings. The number of phenolic OH excluding ortho intramolecular Hbond substituents is 1. The van der Waals surface area contributed by atoms with Crippen molar-refractivity contribution in [2.45, 2.75) is 12.1 Å². The van der Waals surface area contributed by atoms with Crippen molar-refractivity contribution < 1.29 is 14.6 Å². The van der Waals surface area contributed by atoms with E-state index >= 15 is 0 Å². The number of aromatic hydroxyl groups is 1. The van der Waals surface area contributed by atoms with Gasteiger partial charge in [0.1, 0.15) is 11.5 Å². The molecule has 1 amide bonds. The number of rotatable bonds is 8. The molecule has 0 aliphatic carbocycles. The Kier molecular flexibility index (Phi) is 8.44. The van der Waals surface area contributed by atoms with Crippen molar-refractivity contribution in [2.75, 3.05) is 12.9 Å². The number of hydrogen-bond acceptors (Lipinski definition) is 7. The Morgan fingerprint density at radius 1 is 1.14 bits per heavy atom. The zero-order chi connectivity index (χ0) is 25.7. The van der Waals surface area contributed by atoms with E-state index in [0.717, 1.165) is 27.0 Å². The van der Waals surface area contributed by atoms with Crippen LogP contribution in [-0.2, 0) is 4.79 Å². The number of hydrazone groups is 1. The average molecular weight is 631 g/mol. The highest BCUT2D eigenvalue weighted by molar-refractivity contribution is 9.11. The molecule has 11 heteroatoms. The molecule has 0 fully saturated rings. The summed E-state index contributed by atoms with van der Waals surface area (Å²) in [5, 5.41) is 23.4. The average Bonchev–Trinajstić information content (AvgIpc) is 3.30. The summed E-state index contributed by atoms with van der Waals surface area (Å²) in [6.45, 7) is 2.02. The van der Waals surface area contributed by atoms with E-state index < -0.39 is 0 Å². The van der Waals surface area contributed by atoms with Crippen molar-refractivity contribution in [1.29, 1.82) is 0 Å². The highest BCUT2D eigenvalue weighted by Gasteiger charge is 2.17. The van der Waals surface area contributed by atoms with Crippen molar-refractivity contribution in [3.8, 4) is 28.6 Å². The fourth-order valence-electron chi connectivity index (χ4n) is 3.24. The van der Waals surface area contributed by atoms with Crippen LogP contribution in [0.15, 0.2) is 79.9 Å². The summed E-state index contributed by atoms with van der Waals surface area (Å²) in [5.74, 6) is 1.17. The number of carbonyl (C=O) groups is 1. The molecule has 0 unspecified atom stereocenters. The highest BCUT2D eigenvalue weighted by Crippen LogP contribution is 2.31. The van der Waals surface area contributed by atoms with Gasteiger partial charge >= 0.3 is 0 Å². The number of ether oxygens (including phenoxy) is 1. The number of methoxy groups -OCH3 is 1. The third kappa shape index (κ3) is 6.15. The highest BCUT2D eigenvalue weighted by atomic mass is 79.9. The van der Waals surface area contributed by atoms with Gasteiger partial charge < -0.3 is 9.84 Å². The molecule has 0 atom stereocenters. The Morgan fingerprint density at radius 2 is 1.86 bits per heavy atom. The van der Waals surface area contributed by atoms with Crippen LogP contribution < -0.4 is 10.2 Å². The van der Waals surface area contributed by atoms with Gasteiger partial charge in [0.2, 0.25) is 0 Å². The lowest BCUT2D eigenvalue weighted by Crippen LogP contribution is -2.20. The predicted octanol–water partition coefficient (Wildman–Crippen LogP) is 5.72. The topological polar surface area (TPSA) is 102 Å². The minimum atomic E-state index is -0.325. The van der Waals surface area contributed by atoms with Crippen molar-refractivity contribution in [1.82, 2.24) is 20.2 Å². The lowest BCUT2D eigenvalue weighted by molar-refractivity contribution is -0.118. The zero-order valence-corrected chi connectivity index (χ0v) is 23.3. The molecular formula is C25H21Br2N5O3S. The Hall–Kier alpha value is -3.15. The standard InChI is InChI=1S/C25H21Br2N5O3S/c1-15-3-7-19(8-4-15)32-24(16-5-9-20(35-2)10-6-16)30-31-25(32)36-14-22(33)29-28-13-17-11-18(26)12-21(27)23(17)34/h3-13,34H,14H2,1-2H3,(H,29,33)/b28-13+. The molecule has 184 valence electrons. The first-order chi connectivity index (χ1) is 17.4. The van der Waals surface area contributed by atoms with E-state index in [4.69, 9.17) is 4.74 Å². The molecule has 2 N–H and O–H groups in total. The van der Waals surface area contributed by atoms with Gasteiger partial charge in [-0.2, -0.15) is 5.10 Å². The molecule has 0 aliphatic heterocycles. The molecule has 4 rings (SSSR count). The first-order valence-corrected chi connectivity index (χ1v) is 13.2. The molecule has 0 saturated carbocycles. The van der Waals surface area contributed by atoms with Crippen LogP contribution >= 0.6 is 43.6 Å². The molecule has 3 aromatic carbocycles. The fourth-order valence-corrected chi connectivity index (χ4v) is 5.24. The van der Waals surface area contributed by atoms with Crippen molar-refractivity contribution in [3.05, 3.63) is 80.7 Å². The van der Waals surface area contributed by atoms with Gasteiger partial charge in [-0.15, -0.1) is 10.2 Å². The van der Waals surface area contributed by atoms with Gasteiger partial charge in [-0.3, -0.25) is 9.36 Å². The van der Waals surface area contributed by atoms with Gasteiger partial charge in [0.15, 0.2) is 11.0 Å². The largest absolute Gasteiger partial charge is 0.506 e. The molecule has 0 bridgehead atoms. The summed E-state index contributed by atoms with van der Waals surface area (Å²) in [4.78, 5) is 12.5. The zero-order valence-electron chi connectivity index (χ0n) is 19.3. The van der Waals surface area contributed by atoms with E-state index in [2.05, 4.69) is 52.6 Å². The lowest BCUT2D eigenvalue weighted by Gasteiger charge is -2.11. The number of benzene rings is 3. The maximum absolute atomic E-state index is 12.5. The predicted molar refractivity (Wildman–Crippen MR) is 148 cm³/mol. The smallest absolute Gasteiger partial charge is 0.250 e. The first-order valence-electron chi connectivity index (χ1n) is 10.7. The van der Waals surface area contributed by atoms with Crippen molar-refractivity contribution >= 4 is 55.7 Å². The van der Waals surface area contributed by atoms with Crippen LogP contribution in [0, 0.1) is 6.92 Å². The molecule has 0 aliphatic rings. The number of halogens is 2. The van der Waals surface area contributed by atoms with E-state index in [1.54, 1.807) is 19.2 Å². The summed E-state index contributed by atoms with van der Waals surface area (Å²) >= 11 is 7.88. The number of aryl methyl sites for hydroxylation is 1. The summed E-state index contributed by atoms with van der Waals surface area (Å²) in [6, 6.07) is 19.0. The van der Waals surface area contributed by atoms with E-state index in [-0.39, 0.29) is 17.4 Å². The summed E-state index contributed by atoms with van der Waals surface area (Å²) < 4.78 is 8.46. The van der Waals surface area contributed by atoms with Crippen LogP contribution in [-0.4, -0.2) is 44.9 Å². The Morgan fingerprint density at radius 3 is 2.56 bits per heavy atom. The maximum atomic E-state index is 12.5. The van der Waals surface area contributed by atoms with Crippen LogP contribution in [0.4, 0.5) is 0 Å². The monoisotopic (exact) mass is 629 g/mol. The van der Waals surface area contributed by atoms with Gasteiger partial charge in [-0.05, 0) is 71.4 Å². The van der Waals surface area contributed by atoms with Crippen molar-refractivity contribution in [2.24, 2.45) is 5.10 Å². The molecule has 1 heterocycles. The van der Waals surface area contributed by atoms with Crippen molar-refractivity contribution in [3.63, 3.8) is 0 Å². The molecule has 8 nitrogen and oxygen atoms in total. The van der Waals surface area contributed by atoms with Crippen LogP contribution in [0.3, 0.4) is 0 Å². The molecule has 0 radical (unpaired) electrons. The second kappa shape index (κ2) is 11.7. The van der Waals surface area contributed by atoms with E-state index in [1.807, 2.05) is 60.0 Å². The van der Waals surface area contributed by atoms with Gasteiger partial charge in [0.05, 0.1) is 23.5 Å². The van der Waals surface area contributed by atoms with Gasteiger partial charge in [0.25, 0.3) is 5.91 Å². The number of amides is 1.